The highest BCUT2D eigenvalue weighted by Gasteiger charge is 2.16. The van der Waals surface area contributed by atoms with E-state index in [1.807, 2.05) is 0 Å². The van der Waals surface area contributed by atoms with Crippen molar-refractivity contribution in [2.45, 2.75) is 0 Å². The van der Waals surface area contributed by atoms with E-state index in [0.717, 1.165) is 6.20 Å². The van der Waals surface area contributed by atoms with Gasteiger partial charge in [-0.15, -0.1) is 0 Å². The minimum atomic E-state index is -0.858. The van der Waals surface area contributed by atoms with Crippen molar-refractivity contribution >= 4 is 11.9 Å². The summed E-state index contributed by atoms with van der Waals surface area (Å²) in [6.07, 6.45) is 1.14. The van der Waals surface area contributed by atoms with Gasteiger partial charge in [0.1, 0.15) is 11.4 Å². The quantitative estimate of drug-likeness (QED) is 0.887. The minimum Gasteiger partial charge on any atom is -0.365 e. The number of hydrogen-bond acceptors (Lipinski definition) is 4. The van der Waals surface area contributed by atoms with Crippen LogP contribution in [0.15, 0.2) is 35.3 Å². The van der Waals surface area contributed by atoms with Crippen LogP contribution < -0.4 is 16.2 Å². The lowest BCUT2D eigenvalue weighted by Gasteiger charge is -2.18. The number of nitrogens with two attached hydrogens (primary N) is 1. The molecule has 0 fully saturated rings. The second-order valence-corrected chi connectivity index (χ2v) is 4.35. The first-order chi connectivity index (χ1) is 9.41. The summed E-state index contributed by atoms with van der Waals surface area (Å²) in [5, 5.41) is 0. The Morgan fingerprint density at radius 3 is 2.40 bits per heavy atom. The van der Waals surface area contributed by atoms with Crippen LogP contribution in [-0.2, 0) is 0 Å². The second-order valence-electron chi connectivity index (χ2n) is 4.35. The van der Waals surface area contributed by atoms with E-state index in [4.69, 9.17) is 5.73 Å². The predicted octanol–water partition coefficient (Wildman–Crippen LogP) is 0.536. The molecule has 0 radical (unpaired) electrons. The fourth-order valence-corrected chi connectivity index (χ4v) is 1.75. The van der Waals surface area contributed by atoms with Gasteiger partial charge in [-0.25, -0.2) is 13.9 Å². The molecule has 1 amide bonds. The van der Waals surface area contributed by atoms with Crippen LogP contribution >= 0.6 is 0 Å². The normalized spacial score (nSPS) is 10.3. The second kappa shape index (κ2) is 5.12. The summed E-state index contributed by atoms with van der Waals surface area (Å²) >= 11 is 0. The van der Waals surface area contributed by atoms with E-state index in [9.17, 15) is 14.0 Å². The smallest absolute Gasteiger partial charge is 0.272 e. The average molecular weight is 276 g/mol. The van der Waals surface area contributed by atoms with Crippen molar-refractivity contribution in [1.82, 2.24) is 9.55 Å². The number of carbonyl (C=O) groups is 1. The molecule has 2 aromatic rings. The van der Waals surface area contributed by atoms with E-state index in [0.29, 0.717) is 11.6 Å². The van der Waals surface area contributed by atoms with Crippen LogP contribution in [0.1, 0.15) is 10.4 Å². The summed E-state index contributed by atoms with van der Waals surface area (Å²) < 4.78 is 14.2. The number of halogens is 1. The molecule has 0 aliphatic rings. The molecular weight excluding hydrogens is 263 g/mol. The zero-order valence-corrected chi connectivity index (χ0v) is 11.0. The van der Waals surface area contributed by atoms with E-state index in [1.54, 1.807) is 19.0 Å². The van der Waals surface area contributed by atoms with Gasteiger partial charge < -0.3 is 10.6 Å². The summed E-state index contributed by atoms with van der Waals surface area (Å²) in [4.78, 5) is 29.2. The number of benzene rings is 1. The third-order valence-electron chi connectivity index (χ3n) is 2.69. The van der Waals surface area contributed by atoms with E-state index in [1.165, 1.54) is 28.8 Å². The first kappa shape index (κ1) is 13.7. The highest BCUT2D eigenvalue weighted by molar-refractivity contribution is 5.92. The topological polar surface area (TPSA) is 81.2 Å². The van der Waals surface area contributed by atoms with Gasteiger partial charge in [0.25, 0.3) is 11.5 Å². The molecule has 0 bridgehead atoms. The number of nitrogens with zero attached hydrogens (tertiary/aromatic N) is 3. The molecule has 0 spiro atoms. The van der Waals surface area contributed by atoms with Gasteiger partial charge in [0.15, 0.2) is 0 Å². The highest BCUT2D eigenvalue weighted by Crippen LogP contribution is 2.14. The maximum Gasteiger partial charge on any atom is 0.272 e. The third-order valence-corrected chi connectivity index (χ3v) is 2.69. The predicted molar refractivity (Wildman–Crippen MR) is 72.6 cm³/mol. The Bertz CT molecular complexity index is 707. The van der Waals surface area contributed by atoms with E-state index >= 15 is 0 Å². The Hall–Kier alpha value is -2.70. The van der Waals surface area contributed by atoms with E-state index < -0.39 is 17.3 Å². The van der Waals surface area contributed by atoms with Crippen molar-refractivity contribution in [3.8, 4) is 5.69 Å². The SMILES string of the molecule is CN(C)c1ncc(C(N)=O)c(=O)n1-c1ccc(F)cc1. The van der Waals surface area contributed by atoms with Crippen LogP contribution in [0.3, 0.4) is 0 Å². The average Bonchev–Trinajstić information content (AvgIpc) is 2.39. The van der Waals surface area contributed by atoms with Crippen molar-refractivity contribution in [3.05, 3.63) is 52.2 Å². The lowest BCUT2D eigenvalue weighted by molar-refractivity contribution is 0.0998. The Kier molecular flexibility index (Phi) is 3.51. The van der Waals surface area contributed by atoms with Gasteiger partial charge in [-0.1, -0.05) is 0 Å². The van der Waals surface area contributed by atoms with Crippen LogP contribution in [0.5, 0.6) is 0 Å². The zero-order valence-electron chi connectivity index (χ0n) is 11.0. The largest absolute Gasteiger partial charge is 0.365 e. The van der Waals surface area contributed by atoms with Gasteiger partial charge in [-0.05, 0) is 24.3 Å². The Morgan fingerprint density at radius 2 is 1.90 bits per heavy atom. The molecule has 7 heteroatoms. The van der Waals surface area contributed by atoms with Crippen LogP contribution in [-0.4, -0.2) is 29.6 Å². The zero-order chi connectivity index (χ0) is 14.9. The maximum absolute atomic E-state index is 13.0. The van der Waals surface area contributed by atoms with E-state index in [-0.39, 0.29) is 5.56 Å². The van der Waals surface area contributed by atoms with Crippen LogP contribution in [0.2, 0.25) is 0 Å². The van der Waals surface area contributed by atoms with Gasteiger partial charge >= 0.3 is 0 Å². The van der Waals surface area contributed by atoms with Crippen molar-refractivity contribution < 1.29 is 9.18 Å². The molecule has 1 aromatic heterocycles. The summed E-state index contributed by atoms with van der Waals surface area (Å²) in [5.41, 5.74) is 4.73. The molecule has 1 heterocycles. The summed E-state index contributed by atoms with van der Waals surface area (Å²) in [5.74, 6) is -0.970. The van der Waals surface area contributed by atoms with Crippen molar-refractivity contribution in [2.75, 3.05) is 19.0 Å². The summed E-state index contributed by atoms with van der Waals surface area (Å²) in [7, 11) is 3.40. The van der Waals surface area contributed by atoms with Gasteiger partial charge in [-0.2, -0.15) is 0 Å². The number of primary amides is 1. The Morgan fingerprint density at radius 1 is 1.30 bits per heavy atom. The molecule has 0 saturated carbocycles. The Balaban J connectivity index is 2.77. The molecule has 0 atom stereocenters. The standard InChI is InChI=1S/C13H13FN4O2/c1-17(2)13-16-7-10(11(15)19)12(20)18(13)9-5-3-8(14)4-6-9/h3-7H,1-2H3,(H2,15,19). The fraction of sp³-hybridized carbons (Fsp3) is 0.154. The first-order valence-electron chi connectivity index (χ1n) is 5.77. The van der Waals surface area contributed by atoms with E-state index in [2.05, 4.69) is 4.98 Å². The molecule has 1 aromatic carbocycles. The summed E-state index contributed by atoms with van der Waals surface area (Å²) in [6, 6.07) is 5.29. The van der Waals surface area contributed by atoms with Crippen molar-refractivity contribution in [1.29, 1.82) is 0 Å². The van der Waals surface area contributed by atoms with Crippen molar-refractivity contribution in [2.24, 2.45) is 5.73 Å². The molecule has 20 heavy (non-hydrogen) atoms. The maximum atomic E-state index is 13.0. The molecule has 2 rings (SSSR count). The van der Waals surface area contributed by atoms with Gasteiger partial charge in [0, 0.05) is 20.3 Å². The highest BCUT2D eigenvalue weighted by atomic mass is 19.1. The van der Waals surface area contributed by atoms with Crippen LogP contribution in [0.4, 0.5) is 10.3 Å². The molecule has 0 saturated heterocycles. The number of anilines is 1. The minimum absolute atomic E-state index is 0.222. The van der Waals surface area contributed by atoms with Gasteiger partial charge in [-0.3, -0.25) is 9.59 Å². The number of aromatic nitrogens is 2. The molecule has 104 valence electrons. The van der Waals surface area contributed by atoms with Gasteiger partial charge in [0.2, 0.25) is 5.95 Å². The van der Waals surface area contributed by atoms with Gasteiger partial charge in [0.05, 0.1) is 5.69 Å². The lowest BCUT2D eigenvalue weighted by Crippen LogP contribution is -2.33. The molecule has 2 N–H and O–H groups in total. The number of hydrogen-bond donors (Lipinski definition) is 1. The molecule has 6 nitrogen and oxygen atoms in total. The number of amides is 1. The molecule has 0 unspecified atom stereocenters. The summed E-state index contributed by atoms with van der Waals surface area (Å²) in [6.45, 7) is 0. The third kappa shape index (κ3) is 2.37. The number of carbonyl (C=O) groups excluding carboxylic acids is 1. The van der Waals surface area contributed by atoms with Crippen LogP contribution in [0, 0.1) is 5.82 Å². The monoisotopic (exact) mass is 276 g/mol. The molecule has 0 aliphatic carbocycles. The van der Waals surface area contributed by atoms with Crippen molar-refractivity contribution in [3.63, 3.8) is 0 Å². The lowest BCUT2D eigenvalue weighted by atomic mass is 10.2. The first-order valence-corrected chi connectivity index (χ1v) is 5.77. The fourth-order valence-electron chi connectivity index (χ4n) is 1.75. The molecule has 0 aliphatic heterocycles. The van der Waals surface area contributed by atoms with Crippen LogP contribution in [0.25, 0.3) is 5.69 Å². The Labute approximate surface area is 114 Å². The number of rotatable bonds is 3. The molecular formula is C13H13FN4O2.